The minimum absolute atomic E-state index is 0.111. The summed E-state index contributed by atoms with van der Waals surface area (Å²) in [5.41, 5.74) is 0. The number of nitrogens with one attached hydrogen (secondary N) is 2. The summed E-state index contributed by atoms with van der Waals surface area (Å²) in [5, 5.41) is 16.3. The second kappa shape index (κ2) is 5.10. The summed E-state index contributed by atoms with van der Waals surface area (Å²) in [7, 11) is 0. The smallest absolute Gasteiger partial charge is 0.131 e. The fourth-order valence-electron chi connectivity index (χ4n) is 2.38. The van der Waals surface area contributed by atoms with E-state index in [0.717, 1.165) is 37.3 Å². The SMILES string of the molecule is OC1CCC(Nc2cc(NC3CC3)ncn2)CC1. The van der Waals surface area contributed by atoms with Gasteiger partial charge in [-0.05, 0) is 38.5 Å². The van der Waals surface area contributed by atoms with Crippen molar-refractivity contribution in [3.63, 3.8) is 0 Å². The first-order valence-corrected chi connectivity index (χ1v) is 6.83. The molecule has 2 fully saturated rings. The van der Waals surface area contributed by atoms with Gasteiger partial charge in [-0.25, -0.2) is 9.97 Å². The van der Waals surface area contributed by atoms with E-state index in [9.17, 15) is 5.11 Å². The molecule has 0 bridgehead atoms. The van der Waals surface area contributed by atoms with E-state index in [4.69, 9.17) is 0 Å². The van der Waals surface area contributed by atoms with Crippen LogP contribution >= 0.6 is 0 Å². The number of hydrogen-bond donors (Lipinski definition) is 3. The Bertz CT molecular complexity index is 400. The molecule has 0 atom stereocenters. The molecule has 1 aromatic rings. The maximum atomic E-state index is 9.48. The van der Waals surface area contributed by atoms with Gasteiger partial charge in [-0.2, -0.15) is 0 Å². The lowest BCUT2D eigenvalue weighted by Gasteiger charge is -2.26. The van der Waals surface area contributed by atoms with Gasteiger partial charge in [0, 0.05) is 18.2 Å². The Hall–Kier alpha value is -1.36. The monoisotopic (exact) mass is 248 g/mol. The predicted octanol–water partition coefficient (Wildman–Crippen LogP) is 1.77. The van der Waals surface area contributed by atoms with Gasteiger partial charge < -0.3 is 15.7 Å². The summed E-state index contributed by atoms with van der Waals surface area (Å²) in [5.74, 6) is 1.79. The zero-order valence-electron chi connectivity index (χ0n) is 10.5. The number of aromatic nitrogens is 2. The minimum atomic E-state index is -0.111. The number of aliphatic hydroxyl groups excluding tert-OH is 1. The number of aliphatic hydroxyl groups is 1. The Morgan fingerprint density at radius 2 is 1.39 bits per heavy atom. The number of hydrogen-bond acceptors (Lipinski definition) is 5. The fraction of sp³-hybridized carbons (Fsp3) is 0.692. The third-order valence-corrected chi connectivity index (χ3v) is 3.65. The van der Waals surface area contributed by atoms with Crippen LogP contribution in [0.3, 0.4) is 0 Å². The fourth-order valence-corrected chi connectivity index (χ4v) is 2.38. The molecular weight excluding hydrogens is 228 g/mol. The molecule has 0 aliphatic heterocycles. The summed E-state index contributed by atoms with van der Waals surface area (Å²) in [6.45, 7) is 0. The van der Waals surface area contributed by atoms with Crippen LogP contribution in [0, 0.1) is 0 Å². The molecule has 0 saturated heterocycles. The molecule has 0 aromatic carbocycles. The average molecular weight is 248 g/mol. The summed E-state index contributed by atoms with van der Waals surface area (Å²) in [6, 6.07) is 3.01. The average Bonchev–Trinajstić information content (AvgIpc) is 3.17. The van der Waals surface area contributed by atoms with Gasteiger partial charge in [0.05, 0.1) is 6.10 Å². The lowest BCUT2D eigenvalue weighted by molar-refractivity contribution is 0.126. The first kappa shape index (κ1) is 11.7. The van der Waals surface area contributed by atoms with Crippen molar-refractivity contribution in [2.75, 3.05) is 10.6 Å². The number of anilines is 2. The molecule has 1 aromatic heterocycles. The lowest BCUT2D eigenvalue weighted by atomic mass is 9.93. The second-order valence-electron chi connectivity index (χ2n) is 5.36. The first-order valence-electron chi connectivity index (χ1n) is 6.83. The van der Waals surface area contributed by atoms with Crippen LogP contribution < -0.4 is 10.6 Å². The molecule has 2 aliphatic carbocycles. The maximum absolute atomic E-state index is 9.48. The summed E-state index contributed by atoms with van der Waals surface area (Å²) in [4.78, 5) is 8.48. The van der Waals surface area contributed by atoms with Gasteiger partial charge in [0.2, 0.25) is 0 Å². The van der Waals surface area contributed by atoms with Gasteiger partial charge in [-0.15, -0.1) is 0 Å². The molecule has 3 rings (SSSR count). The van der Waals surface area contributed by atoms with E-state index in [1.54, 1.807) is 6.33 Å². The lowest BCUT2D eigenvalue weighted by Crippen LogP contribution is -2.28. The van der Waals surface area contributed by atoms with Crippen molar-refractivity contribution >= 4 is 11.6 Å². The summed E-state index contributed by atoms with van der Waals surface area (Å²) >= 11 is 0. The highest BCUT2D eigenvalue weighted by Gasteiger charge is 2.22. The molecule has 2 saturated carbocycles. The van der Waals surface area contributed by atoms with Gasteiger partial charge in [-0.3, -0.25) is 0 Å². The molecule has 5 heteroatoms. The second-order valence-corrected chi connectivity index (χ2v) is 5.36. The quantitative estimate of drug-likeness (QED) is 0.757. The Kier molecular flexibility index (Phi) is 3.32. The van der Waals surface area contributed by atoms with E-state index >= 15 is 0 Å². The van der Waals surface area contributed by atoms with Crippen LogP contribution in [0.5, 0.6) is 0 Å². The van der Waals surface area contributed by atoms with Gasteiger partial charge in [0.1, 0.15) is 18.0 Å². The van der Waals surface area contributed by atoms with Crippen LogP contribution in [0.4, 0.5) is 11.6 Å². The van der Waals surface area contributed by atoms with Crippen LogP contribution in [0.25, 0.3) is 0 Å². The van der Waals surface area contributed by atoms with Gasteiger partial charge >= 0.3 is 0 Å². The van der Waals surface area contributed by atoms with Crippen molar-refractivity contribution < 1.29 is 5.11 Å². The van der Waals surface area contributed by atoms with E-state index in [0.29, 0.717) is 12.1 Å². The maximum Gasteiger partial charge on any atom is 0.131 e. The van der Waals surface area contributed by atoms with Crippen LogP contribution in [0.2, 0.25) is 0 Å². The molecular formula is C13H20N4O. The molecule has 3 N–H and O–H groups in total. The molecule has 0 radical (unpaired) electrons. The Labute approximate surface area is 107 Å². The molecule has 1 heterocycles. The molecule has 98 valence electrons. The topological polar surface area (TPSA) is 70.1 Å². The Balaban J connectivity index is 1.57. The highest BCUT2D eigenvalue weighted by molar-refractivity contribution is 5.48. The van der Waals surface area contributed by atoms with Crippen LogP contribution in [0.1, 0.15) is 38.5 Å². The minimum Gasteiger partial charge on any atom is -0.393 e. The van der Waals surface area contributed by atoms with Crippen molar-refractivity contribution in [3.8, 4) is 0 Å². The van der Waals surface area contributed by atoms with Crippen LogP contribution in [0.15, 0.2) is 12.4 Å². The molecule has 0 amide bonds. The zero-order valence-corrected chi connectivity index (χ0v) is 10.5. The molecule has 0 unspecified atom stereocenters. The molecule has 2 aliphatic rings. The Morgan fingerprint density at radius 1 is 0.889 bits per heavy atom. The van der Waals surface area contributed by atoms with Crippen LogP contribution in [-0.4, -0.2) is 33.3 Å². The van der Waals surface area contributed by atoms with Gasteiger partial charge in [0.15, 0.2) is 0 Å². The first-order chi connectivity index (χ1) is 8.79. The van der Waals surface area contributed by atoms with Crippen molar-refractivity contribution in [2.24, 2.45) is 0 Å². The summed E-state index contributed by atoms with van der Waals surface area (Å²) < 4.78 is 0. The van der Waals surface area contributed by atoms with Crippen molar-refractivity contribution in [1.29, 1.82) is 0 Å². The largest absolute Gasteiger partial charge is 0.393 e. The van der Waals surface area contributed by atoms with E-state index < -0.39 is 0 Å². The molecule has 18 heavy (non-hydrogen) atoms. The van der Waals surface area contributed by atoms with Crippen molar-refractivity contribution in [2.45, 2.75) is 56.7 Å². The normalized spacial score (nSPS) is 27.8. The van der Waals surface area contributed by atoms with Crippen LogP contribution in [-0.2, 0) is 0 Å². The third kappa shape index (κ3) is 3.10. The highest BCUT2D eigenvalue weighted by atomic mass is 16.3. The van der Waals surface area contributed by atoms with E-state index in [1.165, 1.54) is 12.8 Å². The summed E-state index contributed by atoms with van der Waals surface area (Å²) in [6.07, 6.45) is 7.77. The van der Waals surface area contributed by atoms with E-state index in [2.05, 4.69) is 20.6 Å². The zero-order chi connectivity index (χ0) is 12.4. The Morgan fingerprint density at radius 3 is 1.89 bits per heavy atom. The highest BCUT2D eigenvalue weighted by Crippen LogP contribution is 2.25. The van der Waals surface area contributed by atoms with Crippen molar-refractivity contribution in [1.82, 2.24) is 9.97 Å². The number of nitrogens with zero attached hydrogens (tertiary/aromatic N) is 2. The van der Waals surface area contributed by atoms with E-state index in [-0.39, 0.29) is 6.10 Å². The standard InChI is InChI=1S/C13H20N4O/c18-11-5-3-10(4-6-11)17-13-7-12(14-8-15-13)16-9-1-2-9/h7-11,18H,1-6H2,(H2,14,15,16,17). The predicted molar refractivity (Wildman–Crippen MR) is 70.6 cm³/mol. The number of rotatable bonds is 4. The van der Waals surface area contributed by atoms with E-state index in [1.807, 2.05) is 6.07 Å². The third-order valence-electron chi connectivity index (χ3n) is 3.65. The van der Waals surface area contributed by atoms with Gasteiger partial charge in [-0.1, -0.05) is 0 Å². The van der Waals surface area contributed by atoms with Crippen molar-refractivity contribution in [3.05, 3.63) is 12.4 Å². The molecule has 0 spiro atoms. The molecule has 5 nitrogen and oxygen atoms in total. The van der Waals surface area contributed by atoms with Gasteiger partial charge in [0.25, 0.3) is 0 Å².